The third kappa shape index (κ3) is 6.02. The van der Waals surface area contributed by atoms with Gasteiger partial charge in [-0.3, -0.25) is 9.97 Å². The minimum Gasteiger partial charge on any atom is -0.453 e. The van der Waals surface area contributed by atoms with Crippen molar-refractivity contribution in [2.24, 2.45) is 0 Å². The standard InChI is InChI=1S/C49H31N5O/c1-3-9-34(10-4-1)42-31-43(54-49(53-42)39-11-5-2-6-12-39)35-19-15-32(16-20-35)33-17-21-37(22-18-33)46-48-45(40-13-7-8-14-41(40)52-46)44(36-23-27-50-28-24-36)47(55-48)38-25-29-51-30-26-38/h1-31H. The number of para-hydroxylation sites is 1. The second-order valence-corrected chi connectivity index (χ2v) is 13.3. The summed E-state index contributed by atoms with van der Waals surface area (Å²) in [7, 11) is 0. The van der Waals surface area contributed by atoms with Gasteiger partial charge in [-0.1, -0.05) is 127 Å². The molecule has 0 saturated heterocycles. The molecule has 10 aromatic rings. The van der Waals surface area contributed by atoms with Gasteiger partial charge < -0.3 is 4.42 Å². The average molecular weight is 706 g/mol. The molecule has 0 saturated carbocycles. The monoisotopic (exact) mass is 705 g/mol. The lowest BCUT2D eigenvalue weighted by atomic mass is 9.96. The lowest BCUT2D eigenvalue weighted by Crippen LogP contribution is -1.95. The van der Waals surface area contributed by atoms with Crippen LogP contribution in [0.5, 0.6) is 0 Å². The Kier molecular flexibility index (Phi) is 8.04. The van der Waals surface area contributed by atoms with E-state index in [1.165, 1.54) is 0 Å². The van der Waals surface area contributed by atoms with Crippen molar-refractivity contribution in [3.05, 3.63) is 189 Å². The molecule has 258 valence electrons. The third-order valence-corrected chi connectivity index (χ3v) is 9.94. The molecule has 0 atom stereocenters. The van der Waals surface area contributed by atoms with E-state index in [1.807, 2.05) is 97.3 Å². The van der Waals surface area contributed by atoms with E-state index in [9.17, 15) is 0 Å². The lowest BCUT2D eigenvalue weighted by molar-refractivity contribution is 0.632. The van der Waals surface area contributed by atoms with Crippen LogP contribution in [0.4, 0.5) is 0 Å². The molecule has 6 heteroatoms. The van der Waals surface area contributed by atoms with Crippen molar-refractivity contribution >= 4 is 21.9 Å². The molecule has 10 rings (SSSR count). The van der Waals surface area contributed by atoms with Crippen LogP contribution in [0.1, 0.15) is 0 Å². The van der Waals surface area contributed by atoms with Crippen molar-refractivity contribution in [3.63, 3.8) is 0 Å². The summed E-state index contributed by atoms with van der Waals surface area (Å²) >= 11 is 0. The summed E-state index contributed by atoms with van der Waals surface area (Å²) in [5.74, 6) is 1.47. The number of hydrogen-bond donors (Lipinski definition) is 0. The summed E-state index contributed by atoms with van der Waals surface area (Å²) in [5.41, 5.74) is 13.4. The number of rotatable bonds is 7. The van der Waals surface area contributed by atoms with Crippen LogP contribution in [-0.2, 0) is 0 Å². The van der Waals surface area contributed by atoms with Gasteiger partial charge in [0, 0.05) is 68.9 Å². The minimum atomic E-state index is 0.699. The van der Waals surface area contributed by atoms with Crippen molar-refractivity contribution in [3.8, 4) is 78.7 Å². The normalized spacial score (nSPS) is 11.3. The molecule has 5 heterocycles. The quantitative estimate of drug-likeness (QED) is 0.164. The molecule has 5 aromatic carbocycles. The number of nitrogens with zero attached hydrogens (tertiary/aromatic N) is 5. The van der Waals surface area contributed by atoms with Gasteiger partial charge in [-0.25, -0.2) is 15.0 Å². The summed E-state index contributed by atoms with van der Waals surface area (Å²) in [5, 5.41) is 2.05. The van der Waals surface area contributed by atoms with Crippen molar-refractivity contribution in [1.29, 1.82) is 0 Å². The van der Waals surface area contributed by atoms with E-state index in [0.717, 1.165) is 94.8 Å². The number of fused-ring (bicyclic) bond motifs is 3. The van der Waals surface area contributed by atoms with Gasteiger partial charge in [0.15, 0.2) is 11.4 Å². The summed E-state index contributed by atoms with van der Waals surface area (Å²) in [4.78, 5) is 23.7. The fraction of sp³-hybridized carbons (Fsp3) is 0. The van der Waals surface area contributed by atoms with Crippen molar-refractivity contribution in [1.82, 2.24) is 24.9 Å². The van der Waals surface area contributed by atoms with Crippen LogP contribution in [0, 0.1) is 0 Å². The number of hydrogen-bond acceptors (Lipinski definition) is 6. The van der Waals surface area contributed by atoms with Gasteiger partial charge in [0.1, 0.15) is 11.5 Å². The first-order valence-electron chi connectivity index (χ1n) is 18.1. The molecule has 0 fully saturated rings. The van der Waals surface area contributed by atoms with Gasteiger partial charge in [0.25, 0.3) is 0 Å². The Morgan fingerprint density at radius 2 is 0.891 bits per heavy atom. The number of furan rings is 1. The average Bonchev–Trinajstić information content (AvgIpc) is 3.69. The van der Waals surface area contributed by atoms with Crippen molar-refractivity contribution < 1.29 is 4.42 Å². The molecule has 6 nitrogen and oxygen atoms in total. The largest absolute Gasteiger partial charge is 0.453 e. The molecule has 0 aliphatic rings. The summed E-state index contributed by atoms with van der Waals surface area (Å²) in [6.07, 6.45) is 7.22. The highest BCUT2D eigenvalue weighted by atomic mass is 16.3. The Labute approximate surface area is 317 Å². The smallest absolute Gasteiger partial charge is 0.162 e. The van der Waals surface area contributed by atoms with E-state index >= 15 is 0 Å². The Morgan fingerprint density at radius 1 is 0.382 bits per heavy atom. The second-order valence-electron chi connectivity index (χ2n) is 13.3. The Morgan fingerprint density at radius 3 is 1.53 bits per heavy atom. The lowest BCUT2D eigenvalue weighted by Gasteiger charge is -2.10. The molecular formula is C49H31N5O. The molecule has 0 bridgehead atoms. The van der Waals surface area contributed by atoms with Crippen molar-refractivity contribution in [2.75, 3.05) is 0 Å². The van der Waals surface area contributed by atoms with Gasteiger partial charge in [-0.15, -0.1) is 0 Å². The summed E-state index contributed by atoms with van der Waals surface area (Å²) < 4.78 is 6.86. The Hall–Kier alpha value is -7.57. The molecule has 0 amide bonds. The highest BCUT2D eigenvalue weighted by molar-refractivity contribution is 6.18. The van der Waals surface area contributed by atoms with Gasteiger partial charge >= 0.3 is 0 Å². The van der Waals surface area contributed by atoms with E-state index in [2.05, 4.69) is 88.8 Å². The molecule has 0 spiro atoms. The zero-order valence-electron chi connectivity index (χ0n) is 29.5. The van der Waals surface area contributed by atoms with Crippen LogP contribution in [0.15, 0.2) is 193 Å². The minimum absolute atomic E-state index is 0.699. The van der Waals surface area contributed by atoms with E-state index in [0.29, 0.717) is 5.82 Å². The Balaban J connectivity index is 1.04. The van der Waals surface area contributed by atoms with E-state index < -0.39 is 0 Å². The Bertz CT molecular complexity index is 2870. The molecule has 0 unspecified atom stereocenters. The van der Waals surface area contributed by atoms with Gasteiger partial charge in [-0.2, -0.15) is 0 Å². The molecule has 0 radical (unpaired) electrons. The zero-order chi connectivity index (χ0) is 36.6. The number of aromatic nitrogens is 5. The van der Waals surface area contributed by atoms with E-state index in [-0.39, 0.29) is 0 Å². The maximum absolute atomic E-state index is 6.86. The number of pyridine rings is 3. The third-order valence-electron chi connectivity index (χ3n) is 9.94. The van der Waals surface area contributed by atoms with Crippen LogP contribution in [0.3, 0.4) is 0 Å². The predicted octanol–water partition coefficient (Wildman–Crippen LogP) is 12.2. The maximum Gasteiger partial charge on any atom is 0.162 e. The molecule has 0 N–H and O–H groups in total. The van der Waals surface area contributed by atoms with Crippen LogP contribution in [-0.4, -0.2) is 24.9 Å². The highest BCUT2D eigenvalue weighted by Crippen LogP contribution is 2.46. The van der Waals surface area contributed by atoms with E-state index in [4.69, 9.17) is 19.4 Å². The van der Waals surface area contributed by atoms with Crippen molar-refractivity contribution in [2.45, 2.75) is 0 Å². The van der Waals surface area contributed by atoms with Gasteiger partial charge in [-0.05, 0) is 53.1 Å². The SMILES string of the molecule is c1ccc(-c2cc(-c3ccc(-c4ccc(-c5nc6ccccc6c6c(-c7ccncc7)c(-c7ccncc7)oc56)cc4)cc3)nc(-c3ccccc3)n2)cc1. The van der Waals surface area contributed by atoms with Crippen LogP contribution in [0.2, 0.25) is 0 Å². The van der Waals surface area contributed by atoms with Gasteiger partial charge in [0.05, 0.1) is 16.9 Å². The number of benzene rings is 5. The molecule has 0 aliphatic carbocycles. The second kappa shape index (κ2) is 13.8. The summed E-state index contributed by atoms with van der Waals surface area (Å²) in [6.45, 7) is 0. The first-order valence-corrected chi connectivity index (χ1v) is 18.1. The fourth-order valence-corrected chi connectivity index (χ4v) is 7.23. The fourth-order valence-electron chi connectivity index (χ4n) is 7.23. The van der Waals surface area contributed by atoms with Gasteiger partial charge in [0.2, 0.25) is 0 Å². The molecule has 55 heavy (non-hydrogen) atoms. The molecule has 0 aliphatic heterocycles. The molecular weight excluding hydrogens is 675 g/mol. The zero-order valence-corrected chi connectivity index (χ0v) is 29.5. The first-order chi connectivity index (χ1) is 27.3. The van der Waals surface area contributed by atoms with E-state index in [1.54, 1.807) is 12.4 Å². The van der Waals surface area contributed by atoms with Crippen LogP contribution in [0.25, 0.3) is 101 Å². The topological polar surface area (TPSA) is 77.6 Å². The predicted molar refractivity (Wildman–Crippen MR) is 221 cm³/mol. The first kappa shape index (κ1) is 32.1. The summed E-state index contributed by atoms with van der Waals surface area (Å²) in [6, 6.07) is 55.8. The van der Waals surface area contributed by atoms with Crippen LogP contribution >= 0.6 is 0 Å². The molecule has 5 aromatic heterocycles. The maximum atomic E-state index is 6.86. The van der Waals surface area contributed by atoms with Crippen LogP contribution < -0.4 is 0 Å². The highest BCUT2D eigenvalue weighted by Gasteiger charge is 2.24.